The van der Waals surface area contributed by atoms with Gasteiger partial charge in [-0.2, -0.15) is 0 Å². The van der Waals surface area contributed by atoms with E-state index in [1.165, 1.54) is 0 Å². The Kier molecular flexibility index (Phi) is 4.58. The molecule has 0 bridgehead atoms. The van der Waals surface area contributed by atoms with Gasteiger partial charge in [0.25, 0.3) is 0 Å². The van der Waals surface area contributed by atoms with Gasteiger partial charge in [-0.15, -0.1) is 0 Å². The van der Waals surface area contributed by atoms with Gasteiger partial charge in [0.15, 0.2) is 23.3 Å². The maximum absolute atomic E-state index is 14.2. The molecule has 0 amide bonds. The monoisotopic (exact) mass is 304 g/mol. The van der Waals surface area contributed by atoms with E-state index in [9.17, 15) is 17.6 Å². The summed E-state index contributed by atoms with van der Waals surface area (Å²) in [5.74, 6) is -5.30. The first-order chi connectivity index (χ1) is 9.73. The SMILES string of the molecule is CC(C)(C)[C@@H](c1c(F)c(F)cc(F)c1F)N1CCNCC1. The molecule has 0 aromatic heterocycles. The fourth-order valence-electron chi connectivity index (χ4n) is 2.94. The molecule has 1 fully saturated rings. The molecule has 0 radical (unpaired) electrons. The third kappa shape index (κ3) is 3.21. The molecule has 0 unspecified atom stereocenters. The lowest BCUT2D eigenvalue weighted by molar-refractivity contribution is 0.0791. The topological polar surface area (TPSA) is 15.3 Å². The highest BCUT2D eigenvalue weighted by atomic mass is 19.2. The van der Waals surface area contributed by atoms with E-state index in [-0.39, 0.29) is 6.07 Å². The maximum Gasteiger partial charge on any atom is 0.166 e. The number of halogens is 4. The van der Waals surface area contributed by atoms with Crippen LogP contribution in [0.2, 0.25) is 0 Å². The molecule has 2 nitrogen and oxygen atoms in total. The number of hydrogen-bond donors (Lipinski definition) is 1. The van der Waals surface area contributed by atoms with Gasteiger partial charge < -0.3 is 5.32 Å². The van der Waals surface area contributed by atoms with Crippen LogP contribution in [0.5, 0.6) is 0 Å². The molecule has 118 valence electrons. The summed E-state index contributed by atoms with van der Waals surface area (Å²) in [5.41, 5.74) is -1.08. The predicted octanol–water partition coefficient (Wildman–Crippen LogP) is 3.24. The zero-order valence-corrected chi connectivity index (χ0v) is 12.4. The van der Waals surface area contributed by atoms with Crippen LogP contribution in [0.4, 0.5) is 17.6 Å². The number of nitrogens with one attached hydrogen (secondary N) is 1. The first-order valence-electron chi connectivity index (χ1n) is 7.01. The van der Waals surface area contributed by atoms with Gasteiger partial charge in [-0.25, -0.2) is 17.6 Å². The number of hydrogen-bond acceptors (Lipinski definition) is 2. The van der Waals surface area contributed by atoms with Crippen molar-refractivity contribution in [2.75, 3.05) is 26.2 Å². The Hall–Kier alpha value is -1.14. The van der Waals surface area contributed by atoms with Crippen LogP contribution in [0.3, 0.4) is 0 Å². The van der Waals surface area contributed by atoms with Crippen molar-refractivity contribution in [3.63, 3.8) is 0 Å². The van der Waals surface area contributed by atoms with E-state index < -0.39 is 40.3 Å². The van der Waals surface area contributed by atoms with Crippen LogP contribution in [0.25, 0.3) is 0 Å². The average Bonchev–Trinajstić information content (AvgIpc) is 2.41. The first kappa shape index (κ1) is 16.2. The van der Waals surface area contributed by atoms with E-state index in [0.717, 1.165) is 0 Å². The average molecular weight is 304 g/mol. The molecule has 21 heavy (non-hydrogen) atoms. The highest BCUT2D eigenvalue weighted by Gasteiger charge is 2.38. The van der Waals surface area contributed by atoms with Crippen molar-refractivity contribution < 1.29 is 17.6 Å². The summed E-state index contributed by atoms with van der Waals surface area (Å²) in [6.07, 6.45) is 0. The zero-order chi connectivity index (χ0) is 15.8. The van der Waals surface area contributed by atoms with E-state index in [4.69, 9.17) is 0 Å². The minimum absolute atomic E-state index is 0.256. The molecule has 1 saturated heterocycles. The quantitative estimate of drug-likeness (QED) is 0.666. The summed E-state index contributed by atoms with van der Waals surface area (Å²) in [4.78, 5) is 1.87. The smallest absolute Gasteiger partial charge is 0.166 e. The third-order valence-corrected chi connectivity index (χ3v) is 3.76. The maximum atomic E-state index is 14.2. The summed E-state index contributed by atoms with van der Waals surface area (Å²) in [6.45, 7) is 7.91. The fourth-order valence-corrected chi connectivity index (χ4v) is 2.94. The molecule has 2 rings (SSSR count). The molecule has 0 saturated carbocycles. The zero-order valence-electron chi connectivity index (χ0n) is 12.4. The number of nitrogens with zero attached hydrogens (tertiary/aromatic N) is 1. The van der Waals surface area contributed by atoms with Crippen molar-refractivity contribution in [2.24, 2.45) is 5.41 Å². The lowest BCUT2D eigenvalue weighted by Gasteiger charge is -2.42. The molecule has 1 N–H and O–H groups in total. The summed E-state index contributed by atoms with van der Waals surface area (Å²) in [5, 5.41) is 3.15. The lowest BCUT2D eigenvalue weighted by atomic mass is 9.80. The summed E-state index contributed by atoms with van der Waals surface area (Å²) < 4.78 is 55.4. The lowest BCUT2D eigenvalue weighted by Crippen LogP contribution is -2.48. The van der Waals surface area contributed by atoms with Gasteiger partial charge in [0.2, 0.25) is 0 Å². The summed E-state index contributed by atoms with van der Waals surface area (Å²) in [7, 11) is 0. The Labute approximate surface area is 122 Å². The fraction of sp³-hybridized carbons (Fsp3) is 0.600. The molecule has 1 aromatic rings. The van der Waals surface area contributed by atoms with Crippen LogP contribution >= 0.6 is 0 Å². The molecule has 1 aromatic carbocycles. The van der Waals surface area contributed by atoms with Gasteiger partial charge in [-0.1, -0.05) is 20.8 Å². The van der Waals surface area contributed by atoms with Crippen LogP contribution in [-0.4, -0.2) is 31.1 Å². The van der Waals surface area contributed by atoms with E-state index >= 15 is 0 Å². The van der Waals surface area contributed by atoms with Gasteiger partial charge in [0.1, 0.15) is 0 Å². The minimum Gasteiger partial charge on any atom is -0.314 e. The molecule has 0 aliphatic carbocycles. The van der Waals surface area contributed by atoms with Crippen molar-refractivity contribution >= 4 is 0 Å². The van der Waals surface area contributed by atoms with E-state index in [2.05, 4.69) is 5.32 Å². The van der Waals surface area contributed by atoms with E-state index in [1.807, 2.05) is 4.90 Å². The Morgan fingerprint density at radius 2 is 1.48 bits per heavy atom. The van der Waals surface area contributed by atoms with Crippen LogP contribution in [0.1, 0.15) is 32.4 Å². The Bertz CT molecular complexity index is 493. The third-order valence-electron chi connectivity index (χ3n) is 3.76. The predicted molar refractivity (Wildman–Crippen MR) is 72.9 cm³/mol. The largest absolute Gasteiger partial charge is 0.314 e. The van der Waals surface area contributed by atoms with Crippen molar-refractivity contribution in [2.45, 2.75) is 26.8 Å². The van der Waals surface area contributed by atoms with Gasteiger partial charge >= 0.3 is 0 Å². The van der Waals surface area contributed by atoms with E-state index in [0.29, 0.717) is 26.2 Å². The molecule has 0 spiro atoms. The second-order valence-electron chi connectivity index (χ2n) is 6.44. The van der Waals surface area contributed by atoms with Gasteiger partial charge in [-0.3, -0.25) is 4.90 Å². The van der Waals surface area contributed by atoms with Crippen LogP contribution < -0.4 is 5.32 Å². The molecular formula is C15H20F4N2. The van der Waals surface area contributed by atoms with Crippen LogP contribution in [0, 0.1) is 28.7 Å². The second-order valence-corrected chi connectivity index (χ2v) is 6.44. The van der Waals surface area contributed by atoms with Crippen molar-refractivity contribution in [3.8, 4) is 0 Å². The number of benzene rings is 1. The van der Waals surface area contributed by atoms with Gasteiger partial charge in [0.05, 0.1) is 0 Å². The van der Waals surface area contributed by atoms with Crippen molar-refractivity contribution in [1.29, 1.82) is 0 Å². The molecule has 1 atom stereocenters. The normalized spacial score (nSPS) is 18.8. The first-order valence-corrected chi connectivity index (χ1v) is 7.01. The van der Waals surface area contributed by atoms with Crippen molar-refractivity contribution in [1.82, 2.24) is 10.2 Å². The molecular weight excluding hydrogens is 284 g/mol. The minimum atomic E-state index is -1.35. The Morgan fingerprint density at radius 3 is 1.90 bits per heavy atom. The second kappa shape index (κ2) is 5.93. The highest BCUT2D eigenvalue weighted by Crippen LogP contribution is 2.41. The van der Waals surface area contributed by atoms with Crippen LogP contribution in [0.15, 0.2) is 6.07 Å². The number of rotatable bonds is 2. The molecule has 6 heteroatoms. The summed E-state index contributed by atoms with van der Waals surface area (Å²) >= 11 is 0. The van der Waals surface area contributed by atoms with Crippen LogP contribution in [-0.2, 0) is 0 Å². The van der Waals surface area contributed by atoms with Gasteiger partial charge in [0, 0.05) is 43.9 Å². The molecule has 1 aliphatic heterocycles. The summed E-state index contributed by atoms with van der Waals surface area (Å²) in [6, 6.07) is -0.476. The molecule has 1 heterocycles. The standard InChI is InChI=1S/C15H20F4N2/c1-15(2,3)14(21-6-4-20-5-7-21)11-12(18)9(16)8-10(17)13(11)19/h8,14,20H,4-7H2,1-3H3/t14-/m1/s1. The van der Waals surface area contributed by atoms with E-state index in [1.54, 1.807) is 20.8 Å². The Balaban J connectivity index is 2.56. The van der Waals surface area contributed by atoms with Crippen molar-refractivity contribution in [3.05, 3.63) is 34.9 Å². The highest BCUT2D eigenvalue weighted by molar-refractivity contribution is 5.27. The molecule has 1 aliphatic rings. The van der Waals surface area contributed by atoms with Gasteiger partial charge in [-0.05, 0) is 5.41 Å². The Morgan fingerprint density at radius 1 is 1.00 bits per heavy atom. The number of piperazine rings is 1.